The largest absolute Gasteiger partial charge is 0.0883 e. The molecule has 0 heteroatoms. The highest BCUT2D eigenvalue weighted by Crippen LogP contribution is 2.32. The van der Waals surface area contributed by atoms with Gasteiger partial charge in [-0.3, -0.25) is 0 Å². The van der Waals surface area contributed by atoms with Gasteiger partial charge in [0.25, 0.3) is 0 Å². The summed E-state index contributed by atoms with van der Waals surface area (Å²) in [5, 5.41) is 0. The molecule has 0 fully saturated rings. The summed E-state index contributed by atoms with van der Waals surface area (Å²) in [5.41, 5.74) is 0.516. The lowest BCUT2D eigenvalue weighted by Crippen LogP contribution is -2.18. The summed E-state index contributed by atoms with van der Waals surface area (Å²) in [6, 6.07) is 0. The molecule has 0 radical (unpaired) electrons. The van der Waals surface area contributed by atoms with E-state index in [0.717, 1.165) is 5.92 Å². The number of hydrogen-bond donors (Lipinski definition) is 0. The van der Waals surface area contributed by atoms with Crippen LogP contribution in [0, 0.1) is 17.3 Å². The molecule has 0 spiro atoms. The lowest BCUT2D eigenvalue weighted by molar-refractivity contribution is 0.222. The molecule has 90 valence electrons. The monoisotopic (exact) mass is 210 g/mol. The molecule has 0 aromatic rings. The van der Waals surface area contributed by atoms with Gasteiger partial charge in [0.1, 0.15) is 0 Å². The number of unbranched alkanes of at least 4 members (excludes halogenated alkanes) is 2. The van der Waals surface area contributed by atoms with E-state index in [9.17, 15) is 0 Å². The van der Waals surface area contributed by atoms with Crippen LogP contribution in [0.15, 0.2) is 12.2 Å². The van der Waals surface area contributed by atoms with Gasteiger partial charge in [-0.15, -0.1) is 0 Å². The first-order valence-corrected chi connectivity index (χ1v) is 6.53. The molecule has 0 atom stereocenters. The van der Waals surface area contributed by atoms with Gasteiger partial charge in [0.2, 0.25) is 0 Å². The van der Waals surface area contributed by atoms with Crippen LogP contribution in [-0.2, 0) is 0 Å². The van der Waals surface area contributed by atoms with Gasteiger partial charge in [0.15, 0.2) is 0 Å². The molecule has 0 aromatic carbocycles. The van der Waals surface area contributed by atoms with Crippen LogP contribution in [0.1, 0.15) is 67.2 Å². The first-order chi connectivity index (χ1) is 6.86. The second-order valence-corrected chi connectivity index (χ2v) is 6.06. The van der Waals surface area contributed by atoms with Gasteiger partial charge < -0.3 is 0 Å². The molecule has 0 aliphatic carbocycles. The van der Waals surface area contributed by atoms with Gasteiger partial charge in [0.05, 0.1) is 0 Å². The normalized spacial score (nSPS) is 13.3. The first kappa shape index (κ1) is 14.7. The van der Waals surface area contributed by atoms with Gasteiger partial charge in [-0.1, -0.05) is 60.1 Å². The summed E-state index contributed by atoms with van der Waals surface area (Å²) < 4.78 is 0. The third-order valence-corrected chi connectivity index (χ3v) is 3.53. The second kappa shape index (κ2) is 7.09. The zero-order valence-corrected chi connectivity index (χ0v) is 11.6. The van der Waals surface area contributed by atoms with E-state index in [1.54, 1.807) is 0 Å². The SMILES string of the molecule is CC(C)/C=C/CCCCC(C)(C)C(C)C. The molecule has 0 N–H and O–H groups in total. The van der Waals surface area contributed by atoms with Crippen molar-refractivity contribution in [1.29, 1.82) is 0 Å². The molecule has 15 heavy (non-hydrogen) atoms. The lowest BCUT2D eigenvalue weighted by atomic mass is 9.77. The van der Waals surface area contributed by atoms with Crippen LogP contribution in [0.4, 0.5) is 0 Å². The fourth-order valence-corrected chi connectivity index (χ4v) is 1.50. The van der Waals surface area contributed by atoms with E-state index >= 15 is 0 Å². The van der Waals surface area contributed by atoms with Crippen LogP contribution in [0.3, 0.4) is 0 Å². The Hall–Kier alpha value is -0.260. The Morgan fingerprint density at radius 2 is 1.60 bits per heavy atom. The average molecular weight is 210 g/mol. The third-order valence-electron chi connectivity index (χ3n) is 3.53. The van der Waals surface area contributed by atoms with Gasteiger partial charge in [-0.2, -0.15) is 0 Å². The van der Waals surface area contributed by atoms with Gasteiger partial charge in [-0.25, -0.2) is 0 Å². The summed E-state index contributed by atoms with van der Waals surface area (Å²) in [6.07, 6.45) is 9.99. The highest BCUT2D eigenvalue weighted by atomic mass is 14.3. The quantitative estimate of drug-likeness (QED) is 0.387. The van der Waals surface area contributed by atoms with E-state index < -0.39 is 0 Å². The van der Waals surface area contributed by atoms with Crippen LogP contribution >= 0.6 is 0 Å². The first-order valence-electron chi connectivity index (χ1n) is 6.53. The van der Waals surface area contributed by atoms with Crippen LogP contribution in [0.2, 0.25) is 0 Å². The molecule has 0 amide bonds. The predicted octanol–water partition coefficient (Wildman–Crippen LogP) is 5.44. The molecular weight excluding hydrogens is 180 g/mol. The van der Waals surface area contributed by atoms with Crippen molar-refractivity contribution in [2.75, 3.05) is 0 Å². The minimum absolute atomic E-state index is 0.516. The Kier molecular flexibility index (Phi) is 6.96. The van der Waals surface area contributed by atoms with E-state index in [2.05, 4.69) is 53.7 Å². The molecule has 0 aromatic heterocycles. The molecule has 0 nitrogen and oxygen atoms in total. The summed E-state index contributed by atoms with van der Waals surface area (Å²) >= 11 is 0. The van der Waals surface area contributed by atoms with Crippen molar-refractivity contribution in [3.8, 4) is 0 Å². The van der Waals surface area contributed by atoms with Gasteiger partial charge >= 0.3 is 0 Å². The molecule has 0 unspecified atom stereocenters. The molecule has 0 heterocycles. The zero-order chi connectivity index (χ0) is 11.9. The minimum Gasteiger partial charge on any atom is -0.0883 e. The van der Waals surface area contributed by atoms with Crippen molar-refractivity contribution >= 4 is 0 Å². The average Bonchev–Trinajstić information content (AvgIpc) is 2.10. The minimum atomic E-state index is 0.516. The van der Waals surface area contributed by atoms with Crippen LogP contribution in [0.25, 0.3) is 0 Å². The smallest absolute Gasteiger partial charge is 0.0290 e. The van der Waals surface area contributed by atoms with Crippen molar-refractivity contribution in [3.05, 3.63) is 12.2 Å². The van der Waals surface area contributed by atoms with Crippen molar-refractivity contribution in [3.63, 3.8) is 0 Å². The van der Waals surface area contributed by atoms with E-state index in [1.165, 1.54) is 25.7 Å². The van der Waals surface area contributed by atoms with E-state index in [0.29, 0.717) is 11.3 Å². The van der Waals surface area contributed by atoms with Gasteiger partial charge in [-0.05, 0) is 36.5 Å². The fourth-order valence-electron chi connectivity index (χ4n) is 1.50. The van der Waals surface area contributed by atoms with Crippen LogP contribution < -0.4 is 0 Å². The third kappa shape index (κ3) is 7.64. The lowest BCUT2D eigenvalue weighted by Gasteiger charge is -2.29. The van der Waals surface area contributed by atoms with Crippen molar-refractivity contribution in [2.24, 2.45) is 17.3 Å². The van der Waals surface area contributed by atoms with E-state index in [1.807, 2.05) is 0 Å². The summed E-state index contributed by atoms with van der Waals surface area (Å²) in [5.74, 6) is 1.50. The highest BCUT2D eigenvalue weighted by molar-refractivity contribution is 4.84. The van der Waals surface area contributed by atoms with Gasteiger partial charge in [0, 0.05) is 0 Å². The maximum Gasteiger partial charge on any atom is -0.0290 e. The molecule has 0 saturated heterocycles. The number of hydrogen-bond acceptors (Lipinski definition) is 0. The Labute approximate surface area is 97.2 Å². The molecule has 0 rings (SSSR count). The van der Waals surface area contributed by atoms with E-state index in [4.69, 9.17) is 0 Å². The van der Waals surface area contributed by atoms with Crippen LogP contribution in [-0.4, -0.2) is 0 Å². The Bertz CT molecular complexity index is 172. The van der Waals surface area contributed by atoms with Crippen LogP contribution in [0.5, 0.6) is 0 Å². The Morgan fingerprint density at radius 3 is 2.07 bits per heavy atom. The maximum absolute atomic E-state index is 2.39. The zero-order valence-electron chi connectivity index (χ0n) is 11.6. The summed E-state index contributed by atoms with van der Waals surface area (Å²) in [4.78, 5) is 0. The van der Waals surface area contributed by atoms with Crippen molar-refractivity contribution < 1.29 is 0 Å². The predicted molar refractivity (Wildman–Crippen MR) is 71.1 cm³/mol. The fraction of sp³-hybridized carbons (Fsp3) is 0.867. The Morgan fingerprint density at radius 1 is 1.00 bits per heavy atom. The maximum atomic E-state index is 2.39. The standard InChI is InChI=1S/C15H30/c1-13(2)11-9-7-8-10-12-15(5,6)14(3)4/h9,11,13-14H,7-8,10,12H2,1-6H3/b11-9+. The molecule has 0 saturated carbocycles. The molecular formula is C15H30. The number of allylic oxidation sites excluding steroid dienone is 2. The molecule has 0 aliphatic rings. The van der Waals surface area contributed by atoms with Crippen molar-refractivity contribution in [1.82, 2.24) is 0 Å². The Balaban J connectivity index is 3.55. The highest BCUT2D eigenvalue weighted by Gasteiger charge is 2.20. The summed E-state index contributed by atoms with van der Waals surface area (Å²) in [6.45, 7) is 13.9. The molecule has 0 aliphatic heterocycles. The molecule has 0 bridgehead atoms. The van der Waals surface area contributed by atoms with Crippen molar-refractivity contribution in [2.45, 2.75) is 67.2 Å². The second-order valence-electron chi connectivity index (χ2n) is 6.06. The topological polar surface area (TPSA) is 0 Å². The number of rotatable bonds is 7. The summed E-state index contributed by atoms with van der Waals surface area (Å²) in [7, 11) is 0. The van der Waals surface area contributed by atoms with E-state index in [-0.39, 0.29) is 0 Å².